The molecule has 2 fully saturated rings. The van der Waals surface area contributed by atoms with Gasteiger partial charge in [0.15, 0.2) is 0 Å². The Balaban J connectivity index is 1.22. The number of amides is 1. The SMILES string of the molecule is C=C1CC[C@H](c2cnc3ccc([C@]4(O)CCN(Cc5ccc(-c6ccn(C(F)F)n6)c(Cl)c5)CC4(C)C)c(F)c3c2)C(=O)N1. The summed E-state index contributed by atoms with van der Waals surface area (Å²) in [4.78, 5) is 19.2. The number of likely N-dealkylation sites (tertiary alicyclic amines) is 1. The molecule has 2 aliphatic rings. The maximum Gasteiger partial charge on any atom is 0.333 e. The standard InChI is InChI=1S/C33H33ClF3N5O2/c1-19-4-6-22(30(43)39-19)21-15-24-27(38-16-21)9-8-25(29(24)35)33(44)11-13-41(18-32(33,2)3)17-20-5-7-23(26(34)14-20)28-10-12-42(40-28)31(36)37/h5,7-10,12,14-16,22,31,44H,1,4,6,11,13,17-18H2,2-3H3,(H,39,43)/t22-,33-/m1/s1. The molecule has 0 spiro atoms. The summed E-state index contributed by atoms with van der Waals surface area (Å²) in [5, 5.41) is 19.4. The van der Waals surface area contributed by atoms with Crippen LogP contribution in [0.1, 0.15) is 62.3 Å². The summed E-state index contributed by atoms with van der Waals surface area (Å²) in [6, 6.07) is 11.9. The molecule has 4 aromatic rings. The molecule has 1 amide bonds. The van der Waals surface area contributed by atoms with Crippen LogP contribution in [-0.4, -0.2) is 43.8 Å². The van der Waals surface area contributed by atoms with Crippen molar-refractivity contribution < 1.29 is 23.1 Å². The van der Waals surface area contributed by atoms with Crippen LogP contribution in [0.2, 0.25) is 5.02 Å². The van der Waals surface area contributed by atoms with Crippen LogP contribution >= 0.6 is 11.6 Å². The van der Waals surface area contributed by atoms with Gasteiger partial charge in [-0.05, 0) is 54.7 Å². The lowest BCUT2D eigenvalue weighted by molar-refractivity contribution is -0.128. The molecule has 0 aliphatic carbocycles. The molecule has 2 aliphatic heterocycles. The molecule has 7 nitrogen and oxygen atoms in total. The molecule has 0 radical (unpaired) electrons. The second-order valence-electron chi connectivity index (χ2n) is 12.4. The highest BCUT2D eigenvalue weighted by molar-refractivity contribution is 6.33. The van der Waals surface area contributed by atoms with Crippen molar-refractivity contribution in [2.24, 2.45) is 5.41 Å². The Morgan fingerprint density at radius 3 is 2.68 bits per heavy atom. The van der Waals surface area contributed by atoms with E-state index in [4.69, 9.17) is 11.6 Å². The third-order valence-electron chi connectivity index (χ3n) is 9.07. The van der Waals surface area contributed by atoms with Gasteiger partial charge in [0.2, 0.25) is 5.91 Å². The molecule has 11 heteroatoms. The second kappa shape index (κ2) is 11.3. The van der Waals surface area contributed by atoms with Crippen LogP contribution in [0.5, 0.6) is 0 Å². The number of allylic oxidation sites excluding steroid dienone is 1. The summed E-state index contributed by atoms with van der Waals surface area (Å²) in [6.45, 7) is 6.45. The largest absolute Gasteiger partial charge is 0.384 e. The third-order valence-corrected chi connectivity index (χ3v) is 9.38. The first-order chi connectivity index (χ1) is 20.9. The summed E-state index contributed by atoms with van der Waals surface area (Å²) in [5.41, 5.74) is 1.61. The Labute approximate surface area is 258 Å². The number of fused-ring (bicyclic) bond motifs is 1. The molecule has 6 rings (SSSR count). The summed E-state index contributed by atoms with van der Waals surface area (Å²) >= 11 is 6.52. The van der Waals surface area contributed by atoms with Crippen molar-refractivity contribution in [2.75, 3.05) is 13.1 Å². The molecule has 2 aromatic heterocycles. The first-order valence-electron chi connectivity index (χ1n) is 14.5. The molecule has 2 atom stereocenters. The Kier molecular flexibility index (Phi) is 7.80. The minimum absolute atomic E-state index is 0.176. The lowest BCUT2D eigenvalue weighted by Gasteiger charge is -2.50. The van der Waals surface area contributed by atoms with Gasteiger partial charge in [-0.15, -0.1) is 0 Å². The zero-order valence-corrected chi connectivity index (χ0v) is 25.2. The Hall–Kier alpha value is -3.73. The first-order valence-corrected chi connectivity index (χ1v) is 14.9. The normalized spacial score (nSPS) is 22.5. The van der Waals surface area contributed by atoms with Gasteiger partial charge in [-0.25, -0.2) is 9.07 Å². The molecular formula is C33H33ClF3N5O2. The molecule has 4 heterocycles. The number of aliphatic hydroxyl groups is 1. The van der Waals surface area contributed by atoms with E-state index in [-0.39, 0.29) is 16.9 Å². The predicted octanol–water partition coefficient (Wildman–Crippen LogP) is 6.91. The van der Waals surface area contributed by atoms with Crippen LogP contribution in [0, 0.1) is 11.2 Å². The Bertz CT molecular complexity index is 1770. The monoisotopic (exact) mass is 623 g/mol. The van der Waals surface area contributed by atoms with Gasteiger partial charge in [0.25, 0.3) is 0 Å². The number of piperidine rings is 2. The van der Waals surface area contributed by atoms with Gasteiger partial charge in [-0.3, -0.25) is 14.7 Å². The summed E-state index contributed by atoms with van der Waals surface area (Å²) < 4.78 is 42.8. The van der Waals surface area contributed by atoms with E-state index in [0.717, 1.165) is 5.56 Å². The number of rotatable bonds is 6. The van der Waals surface area contributed by atoms with Gasteiger partial charge >= 0.3 is 6.55 Å². The highest BCUT2D eigenvalue weighted by atomic mass is 35.5. The zero-order chi connectivity index (χ0) is 31.4. The Morgan fingerprint density at radius 1 is 1.20 bits per heavy atom. The fourth-order valence-corrected chi connectivity index (χ4v) is 6.86. The second-order valence-corrected chi connectivity index (χ2v) is 12.8. The number of hydrogen-bond acceptors (Lipinski definition) is 5. The maximum atomic E-state index is 16.3. The lowest BCUT2D eigenvalue weighted by atomic mass is 9.66. The first kappa shape index (κ1) is 30.3. The molecular weight excluding hydrogens is 591 g/mol. The maximum absolute atomic E-state index is 16.3. The quantitative estimate of drug-likeness (QED) is 0.244. The van der Waals surface area contributed by atoms with E-state index in [1.807, 2.05) is 19.9 Å². The summed E-state index contributed by atoms with van der Waals surface area (Å²) in [5.74, 6) is -1.15. The number of carbonyl (C=O) groups excluding carboxylic acids is 1. The molecule has 2 aromatic carbocycles. The number of hydrogen-bond donors (Lipinski definition) is 2. The molecule has 0 bridgehead atoms. The van der Waals surface area contributed by atoms with Crippen LogP contribution in [0.3, 0.4) is 0 Å². The lowest BCUT2D eigenvalue weighted by Crippen LogP contribution is -2.55. The van der Waals surface area contributed by atoms with Gasteiger partial charge in [0.1, 0.15) is 5.82 Å². The van der Waals surface area contributed by atoms with E-state index in [9.17, 15) is 18.7 Å². The van der Waals surface area contributed by atoms with E-state index in [2.05, 4.69) is 26.9 Å². The number of nitrogens with one attached hydrogen (secondary N) is 1. The Morgan fingerprint density at radius 2 is 2.00 bits per heavy atom. The van der Waals surface area contributed by atoms with Crippen molar-refractivity contribution in [3.63, 3.8) is 0 Å². The van der Waals surface area contributed by atoms with Crippen LogP contribution in [0.25, 0.3) is 22.2 Å². The van der Waals surface area contributed by atoms with E-state index >= 15 is 4.39 Å². The van der Waals surface area contributed by atoms with E-state index in [1.165, 1.54) is 12.3 Å². The van der Waals surface area contributed by atoms with Gasteiger partial charge in [0.05, 0.1) is 27.8 Å². The number of benzene rings is 2. The number of halogens is 4. The fraction of sp³-hybridized carbons (Fsp3) is 0.364. The third kappa shape index (κ3) is 5.39. The number of carbonyl (C=O) groups is 1. The van der Waals surface area contributed by atoms with Crippen LogP contribution < -0.4 is 5.32 Å². The topological polar surface area (TPSA) is 83.3 Å². The summed E-state index contributed by atoms with van der Waals surface area (Å²) in [6.07, 6.45) is 4.33. The molecule has 0 saturated carbocycles. The average Bonchev–Trinajstić information content (AvgIpc) is 3.46. The minimum atomic E-state index is -2.73. The molecule has 44 heavy (non-hydrogen) atoms. The zero-order valence-electron chi connectivity index (χ0n) is 24.5. The molecule has 2 N–H and O–H groups in total. The van der Waals surface area contributed by atoms with E-state index < -0.39 is 29.3 Å². The highest BCUT2D eigenvalue weighted by Gasteiger charge is 2.50. The average molecular weight is 624 g/mol. The minimum Gasteiger partial charge on any atom is -0.384 e. The van der Waals surface area contributed by atoms with Gasteiger partial charge in [-0.2, -0.15) is 13.9 Å². The molecule has 230 valence electrons. The van der Waals surface area contributed by atoms with Gasteiger partial charge in [0, 0.05) is 59.7 Å². The number of nitrogens with zero attached hydrogens (tertiary/aromatic N) is 4. The van der Waals surface area contributed by atoms with E-state index in [0.29, 0.717) is 76.6 Å². The van der Waals surface area contributed by atoms with Gasteiger partial charge in [-0.1, -0.05) is 50.2 Å². The van der Waals surface area contributed by atoms with Crippen molar-refractivity contribution in [3.05, 3.63) is 94.7 Å². The van der Waals surface area contributed by atoms with Crippen molar-refractivity contribution in [2.45, 2.75) is 57.7 Å². The number of alkyl halides is 2. The van der Waals surface area contributed by atoms with Gasteiger partial charge < -0.3 is 10.4 Å². The predicted molar refractivity (Wildman–Crippen MR) is 162 cm³/mol. The summed E-state index contributed by atoms with van der Waals surface area (Å²) in [7, 11) is 0. The van der Waals surface area contributed by atoms with Crippen molar-refractivity contribution in [1.29, 1.82) is 0 Å². The number of aromatic nitrogens is 3. The fourth-order valence-electron chi connectivity index (χ4n) is 6.56. The van der Waals surface area contributed by atoms with Crippen LogP contribution in [-0.2, 0) is 16.9 Å². The number of pyridine rings is 1. The molecule has 2 saturated heterocycles. The highest BCUT2D eigenvalue weighted by Crippen LogP contribution is 2.48. The van der Waals surface area contributed by atoms with Crippen molar-refractivity contribution in [3.8, 4) is 11.3 Å². The van der Waals surface area contributed by atoms with Crippen LogP contribution in [0.4, 0.5) is 13.2 Å². The van der Waals surface area contributed by atoms with Crippen LogP contribution in [0.15, 0.2) is 67.1 Å². The smallest absolute Gasteiger partial charge is 0.333 e. The molecule has 0 unspecified atom stereocenters. The van der Waals surface area contributed by atoms with Crippen molar-refractivity contribution >= 4 is 28.4 Å². The van der Waals surface area contributed by atoms with E-state index in [1.54, 1.807) is 36.5 Å². The van der Waals surface area contributed by atoms with Crippen molar-refractivity contribution in [1.82, 2.24) is 25.0 Å².